The SMILES string of the molecule is CC(=O)OC[C@H]1CCCN1C(=O)[C@]1(CCC(C)C)C(=O)C(C2=NS(O)(O)c3cc(NS(C)(=O)=O)ccc3N2)=C(O)c2ccccc21. The molecule has 5 N–H and O–H groups in total. The number of ketones is 1. The Morgan fingerprint density at radius 2 is 1.93 bits per heavy atom. The minimum atomic E-state index is -4.02. The topological polar surface area (TPSA) is 195 Å². The van der Waals surface area contributed by atoms with Gasteiger partial charge in [-0.2, -0.15) is 0 Å². The summed E-state index contributed by atoms with van der Waals surface area (Å²) < 4.78 is 57.4. The lowest BCUT2D eigenvalue weighted by atomic mass is 9.64. The van der Waals surface area contributed by atoms with Crippen LogP contribution in [0.3, 0.4) is 0 Å². The number of nitrogens with zero attached hydrogens (tertiary/aromatic N) is 2. The van der Waals surface area contributed by atoms with E-state index in [2.05, 4.69) is 14.4 Å². The molecule has 46 heavy (non-hydrogen) atoms. The molecule has 1 saturated heterocycles. The Hall–Kier alpha value is -3.92. The molecule has 5 rings (SSSR count). The fraction of sp³-hybridized carbons (Fsp3) is 0.419. The Morgan fingerprint density at radius 3 is 2.61 bits per heavy atom. The normalized spacial score (nSPS) is 22.8. The van der Waals surface area contributed by atoms with Gasteiger partial charge in [0, 0.05) is 19.0 Å². The third-order valence-electron chi connectivity index (χ3n) is 8.36. The second-order valence-corrected chi connectivity index (χ2v) is 15.6. The molecule has 2 aromatic carbocycles. The van der Waals surface area contributed by atoms with Gasteiger partial charge < -0.3 is 20.1 Å². The lowest BCUT2D eigenvalue weighted by molar-refractivity contribution is -0.149. The number of Topliss-reactive ketones (excluding diaryl/α,β-unsaturated/α-hetero) is 1. The summed E-state index contributed by atoms with van der Waals surface area (Å²) >= 11 is 0. The molecule has 1 amide bonds. The van der Waals surface area contributed by atoms with Gasteiger partial charge in [-0.3, -0.25) is 28.2 Å². The van der Waals surface area contributed by atoms with Gasteiger partial charge in [0.2, 0.25) is 15.9 Å². The molecule has 0 aromatic heterocycles. The predicted octanol–water partition coefficient (Wildman–Crippen LogP) is 4.69. The number of anilines is 2. The lowest BCUT2D eigenvalue weighted by Crippen LogP contribution is -2.57. The smallest absolute Gasteiger partial charge is 0.302 e. The highest BCUT2D eigenvalue weighted by Gasteiger charge is 2.56. The van der Waals surface area contributed by atoms with E-state index < -0.39 is 55.7 Å². The van der Waals surface area contributed by atoms with Crippen molar-refractivity contribution in [2.75, 3.05) is 29.4 Å². The highest BCUT2D eigenvalue weighted by molar-refractivity contribution is 8.23. The summed E-state index contributed by atoms with van der Waals surface area (Å²) in [7, 11) is -7.69. The van der Waals surface area contributed by atoms with Crippen LogP contribution in [0.1, 0.15) is 57.6 Å². The molecule has 0 saturated carbocycles. The van der Waals surface area contributed by atoms with E-state index in [0.717, 1.165) is 6.26 Å². The van der Waals surface area contributed by atoms with E-state index in [4.69, 9.17) is 4.74 Å². The molecule has 3 aliphatic rings. The van der Waals surface area contributed by atoms with Crippen LogP contribution < -0.4 is 10.0 Å². The monoisotopic (exact) mass is 674 g/mol. The molecule has 15 heteroatoms. The Bertz CT molecular complexity index is 1770. The second kappa shape index (κ2) is 12.4. The number of nitrogens with one attached hydrogen (secondary N) is 2. The summed E-state index contributed by atoms with van der Waals surface area (Å²) in [6.07, 6.45) is 2.73. The first-order valence-electron chi connectivity index (χ1n) is 14.8. The van der Waals surface area contributed by atoms with Crippen LogP contribution in [0.2, 0.25) is 0 Å². The van der Waals surface area contributed by atoms with E-state index in [9.17, 15) is 37.0 Å². The highest BCUT2D eigenvalue weighted by atomic mass is 32.3. The summed E-state index contributed by atoms with van der Waals surface area (Å²) in [4.78, 5) is 42.8. The van der Waals surface area contributed by atoms with Gasteiger partial charge in [-0.15, -0.1) is 4.40 Å². The van der Waals surface area contributed by atoms with E-state index in [-0.39, 0.29) is 52.2 Å². The summed E-state index contributed by atoms with van der Waals surface area (Å²) in [6, 6.07) is 10.1. The maximum atomic E-state index is 14.9. The van der Waals surface area contributed by atoms with Crippen LogP contribution in [0.25, 0.3) is 5.76 Å². The number of aliphatic hydroxyl groups excluding tert-OH is 1. The van der Waals surface area contributed by atoms with Gasteiger partial charge in [-0.25, -0.2) is 8.42 Å². The second-order valence-electron chi connectivity index (χ2n) is 12.2. The first-order valence-corrected chi connectivity index (χ1v) is 18.2. The van der Waals surface area contributed by atoms with Crippen molar-refractivity contribution >= 4 is 61.4 Å². The molecule has 0 bridgehead atoms. The first kappa shape index (κ1) is 33.4. The number of likely N-dealkylation sites (tertiary alicyclic amines) is 1. The number of carbonyl (C=O) groups excluding carboxylic acids is 3. The number of amides is 1. The van der Waals surface area contributed by atoms with Crippen molar-refractivity contribution in [1.82, 2.24) is 4.90 Å². The number of rotatable bonds is 9. The molecule has 0 radical (unpaired) electrons. The molecule has 13 nitrogen and oxygen atoms in total. The zero-order valence-corrected chi connectivity index (χ0v) is 27.6. The van der Waals surface area contributed by atoms with Crippen molar-refractivity contribution in [2.45, 2.75) is 62.8 Å². The molecule has 2 aromatic rings. The summed E-state index contributed by atoms with van der Waals surface area (Å²) in [6.45, 7) is 5.54. The molecule has 2 aliphatic heterocycles. The van der Waals surface area contributed by atoms with Crippen LogP contribution >= 0.6 is 10.8 Å². The van der Waals surface area contributed by atoms with Crippen molar-refractivity contribution in [1.29, 1.82) is 0 Å². The molecular formula is C31H38N4O9S2. The van der Waals surface area contributed by atoms with Crippen LogP contribution in [0, 0.1) is 5.92 Å². The maximum Gasteiger partial charge on any atom is 0.302 e. The standard InChI is InChI=1S/C31H38N4O9S2/c1-18(2)13-14-31(30(39)35-15-7-8-21(35)17-44-19(3)36)23-10-6-5-9-22(23)27(37)26(28(31)38)29-32-24-12-11-20(33-45(4,40)41)16-25(24)46(42,43)34-29/h5-6,9-12,16,18,21,33,37,42-43H,7-8,13-15,17H2,1-4H3,(H,32,34)/t21-,31+/m1/s1. The molecule has 2 atom stereocenters. The van der Waals surface area contributed by atoms with Crippen LogP contribution in [0.5, 0.6) is 0 Å². The summed E-state index contributed by atoms with van der Waals surface area (Å²) in [5.74, 6) is -2.46. The fourth-order valence-electron chi connectivity index (χ4n) is 6.23. The number of hydrogen-bond donors (Lipinski definition) is 5. The number of hydrogen-bond acceptors (Lipinski definition) is 11. The number of fused-ring (bicyclic) bond motifs is 2. The van der Waals surface area contributed by atoms with Gasteiger partial charge in [0.1, 0.15) is 28.2 Å². The first-order chi connectivity index (χ1) is 21.5. The van der Waals surface area contributed by atoms with Gasteiger partial charge in [0.15, 0.2) is 11.6 Å². The third kappa shape index (κ3) is 6.24. The van der Waals surface area contributed by atoms with Crippen molar-refractivity contribution in [3.05, 3.63) is 59.2 Å². The van der Waals surface area contributed by atoms with E-state index >= 15 is 0 Å². The largest absolute Gasteiger partial charge is 0.506 e. The van der Waals surface area contributed by atoms with Crippen LogP contribution in [0.4, 0.5) is 11.4 Å². The molecule has 0 unspecified atom stereocenters. The zero-order chi connectivity index (χ0) is 33.6. The number of aliphatic hydroxyl groups is 1. The van der Waals surface area contributed by atoms with Crippen molar-refractivity contribution in [3.8, 4) is 0 Å². The van der Waals surface area contributed by atoms with Crippen LogP contribution in [-0.2, 0) is 34.6 Å². The van der Waals surface area contributed by atoms with Crippen molar-refractivity contribution in [2.24, 2.45) is 10.3 Å². The molecule has 1 fully saturated rings. The van der Waals surface area contributed by atoms with Gasteiger partial charge in [-0.05, 0) is 55.4 Å². The minimum Gasteiger partial charge on any atom is -0.506 e. The molecule has 0 spiro atoms. The number of benzene rings is 2. The zero-order valence-electron chi connectivity index (χ0n) is 25.9. The molecule has 248 valence electrons. The Labute approximate surface area is 269 Å². The summed E-state index contributed by atoms with van der Waals surface area (Å²) in [5.41, 5.74) is -1.45. The van der Waals surface area contributed by atoms with E-state index in [1.54, 1.807) is 29.2 Å². The average molecular weight is 675 g/mol. The molecule has 1 aliphatic carbocycles. The van der Waals surface area contributed by atoms with Gasteiger partial charge >= 0.3 is 5.97 Å². The van der Waals surface area contributed by atoms with E-state index in [1.807, 2.05) is 13.8 Å². The van der Waals surface area contributed by atoms with Gasteiger partial charge in [0.05, 0.1) is 23.7 Å². The van der Waals surface area contributed by atoms with Gasteiger partial charge in [0.25, 0.3) is 0 Å². The number of ether oxygens (including phenoxy) is 1. The third-order valence-corrected chi connectivity index (χ3v) is 10.3. The number of esters is 1. The number of sulfonamides is 1. The summed E-state index contributed by atoms with van der Waals surface area (Å²) in [5, 5.41) is 14.5. The van der Waals surface area contributed by atoms with Crippen LogP contribution in [-0.4, -0.2) is 76.5 Å². The van der Waals surface area contributed by atoms with E-state index in [0.29, 0.717) is 31.4 Å². The Kier molecular flexibility index (Phi) is 8.98. The fourth-order valence-corrected chi connectivity index (χ4v) is 7.98. The highest BCUT2D eigenvalue weighted by Crippen LogP contribution is 2.57. The molecule has 2 heterocycles. The Morgan fingerprint density at radius 1 is 1.22 bits per heavy atom. The minimum absolute atomic E-state index is 0.0206. The van der Waals surface area contributed by atoms with Crippen LogP contribution in [0.15, 0.2) is 57.3 Å². The number of amidine groups is 1. The number of carbonyl (C=O) groups is 3. The van der Waals surface area contributed by atoms with Gasteiger partial charge in [-0.1, -0.05) is 48.9 Å². The van der Waals surface area contributed by atoms with Crippen molar-refractivity contribution in [3.63, 3.8) is 0 Å². The predicted molar refractivity (Wildman–Crippen MR) is 175 cm³/mol. The molecular weight excluding hydrogens is 636 g/mol. The lowest BCUT2D eigenvalue weighted by Gasteiger charge is -2.42. The Balaban J connectivity index is 1.65. The van der Waals surface area contributed by atoms with Crippen molar-refractivity contribution < 1.29 is 41.8 Å². The van der Waals surface area contributed by atoms with E-state index in [1.165, 1.54) is 25.1 Å². The average Bonchev–Trinajstić information content (AvgIpc) is 3.44. The maximum absolute atomic E-state index is 14.9. The quantitative estimate of drug-likeness (QED) is 0.184.